The maximum Gasteiger partial charge on any atom is 0.393 e. The molecule has 1 unspecified atom stereocenters. The van der Waals surface area contributed by atoms with Gasteiger partial charge in [0.05, 0.1) is 11.6 Å². The third-order valence-corrected chi connectivity index (χ3v) is 5.26. The van der Waals surface area contributed by atoms with E-state index in [1.165, 1.54) is 4.90 Å². The molecule has 0 aromatic heterocycles. The third-order valence-electron chi connectivity index (χ3n) is 4.85. The zero-order valence-electron chi connectivity index (χ0n) is 14.7. The summed E-state index contributed by atoms with van der Waals surface area (Å²) in [5.74, 6) is -2.36. The number of hydrazone groups is 1. The Bertz CT molecular complexity index is 795. The molecule has 0 N–H and O–H groups in total. The van der Waals surface area contributed by atoms with E-state index >= 15 is 0 Å². The summed E-state index contributed by atoms with van der Waals surface area (Å²) in [6, 6.07) is 4.97. The van der Waals surface area contributed by atoms with Crippen LogP contribution in [0.15, 0.2) is 23.3 Å². The predicted molar refractivity (Wildman–Crippen MR) is 95.7 cm³/mol. The standard InChI is InChI=1S/C18H19ClF3N3O2/c1-11-4-5-13(9-14(11)19)25-16(26)7-6-15(23-25)17(27)24-8-2-3-12(10-24)18(20,21)22/h4-5,9,12H,2-3,6-8,10H2,1H3. The zero-order valence-corrected chi connectivity index (χ0v) is 15.5. The van der Waals surface area contributed by atoms with Gasteiger partial charge in [-0.2, -0.15) is 18.3 Å². The van der Waals surface area contributed by atoms with Crippen LogP contribution in [0.2, 0.25) is 5.02 Å². The minimum atomic E-state index is -4.33. The summed E-state index contributed by atoms with van der Waals surface area (Å²) in [5, 5.41) is 5.70. The van der Waals surface area contributed by atoms with E-state index in [0.717, 1.165) is 10.6 Å². The van der Waals surface area contributed by atoms with E-state index in [-0.39, 0.29) is 44.0 Å². The van der Waals surface area contributed by atoms with E-state index in [1.807, 2.05) is 6.92 Å². The summed E-state index contributed by atoms with van der Waals surface area (Å²) in [6.07, 6.45) is -3.84. The number of rotatable bonds is 2. The number of alkyl halides is 3. The van der Waals surface area contributed by atoms with Crippen molar-refractivity contribution in [1.29, 1.82) is 0 Å². The molecule has 1 saturated heterocycles. The van der Waals surface area contributed by atoms with Gasteiger partial charge in [0.15, 0.2) is 0 Å². The number of nitrogens with zero attached hydrogens (tertiary/aromatic N) is 3. The maximum absolute atomic E-state index is 13.0. The van der Waals surface area contributed by atoms with E-state index in [9.17, 15) is 22.8 Å². The minimum Gasteiger partial charge on any atom is -0.337 e. The molecule has 146 valence electrons. The molecule has 27 heavy (non-hydrogen) atoms. The van der Waals surface area contributed by atoms with Crippen LogP contribution in [0.5, 0.6) is 0 Å². The smallest absolute Gasteiger partial charge is 0.337 e. The molecule has 1 fully saturated rings. The van der Waals surface area contributed by atoms with Gasteiger partial charge in [-0.05, 0) is 37.5 Å². The van der Waals surface area contributed by atoms with E-state index in [2.05, 4.69) is 5.10 Å². The van der Waals surface area contributed by atoms with E-state index < -0.39 is 18.0 Å². The molecule has 2 aliphatic rings. The molecule has 0 spiro atoms. The summed E-state index contributed by atoms with van der Waals surface area (Å²) in [7, 11) is 0. The Morgan fingerprint density at radius 2 is 2.04 bits per heavy atom. The SMILES string of the molecule is Cc1ccc(N2N=C(C(=O)N3CCCC(C(F)(F)F)C3)CCC2=O)cc1Cl. The summed E-state index contributed by atoms with van der Waals surface area (Å²) in [5.41, 5.74) is 1.35. The van der Waals surface area contributed by atoms with Crippen molar-refractivity contribution in [3.63, 3.8) is 0 Å². The van der Waals surface area contributed by atoms with Crippen LogP contribution < -0.4 is 5.01 Å². The van der Waals surface area contributed by atoms with Crippen molar-refractivity contribution in [3.05, 3.63) is 28.8 Å². The number of benzene rings is 1. The monoisotopic (exact) mass is 401 g/mol. The first-order valence-electron chi connectivity index (χ1n) is 8.69. The Kier molecular flexibility index (Phi) is 5.46. The van der Waals surface area contributed by atoms with Crippen LogP contribution in [0.3, 0.4) is 0 Å². The summed E-state index contributed by atoms with van der Waals surface area (Å²) < 4.78 is 39.0. The van der Waals surface area contributed by atoms with Crippen LogP contribution in [-0.2, 0) is 9.59 Å². The number of likely N-dealkylation sites (tertiary alicyclic amines) is 1. The maximum atomic E-state index is 13.0. The predicted octanol–water partition coefficient (Wildman–Crippen LogP) is 3.93. The normalized spacial score (nSPS) is 21.3. The number of amides is 2. The van der Waals surface area contributed by atoms with Crippen LogP contribution in [-0.4, -0.2) is 41.7 Å². The van der Waals surface area contributed by atoms with Crippen molar-refractivity contribution in [3.8, 4) is 0 Å². The molecule has 0 bridgehead atoms. The van der Waals surface area contributed by atoms with Gasteiger partial charge in [0.25, 0.3) is 5.91 Å². The van der Waals surface area contributed by atoms with Gasteiger partial charge in [-0.1, -0.05) is 17.7 Å². The summed E-state index contributed by atoms with van der Waals surface area (Å²) in [4.78, 5) is 26.1. The van der Waals surface area contributed by atoms with Crippen LogP contribution in [0.25, 0.3) is 0 Å². The lowest BCUT2D eigenvalue weighted by molar-refractivity contribution is -0.187. The first kappa shape index (κ1) is 19.7. The number of carbonyl (C=O) groups excluding carboxylic acids is 2. The molecular weight excluding hydrogens is 383 g/mol. The largest absolute Gasteiger partial charge is 0.393 e. The zero-order chi connectivity index (χ0) is 19.8. The van der Waals surface area contributed by atoms with Gasteiger partial charge in [-0.25, -0.2) is 5.01 Å². The Morgan fingerprint density at radius 3 is 2.70 bits per heavy atom. The molecular formula is C18H19ClF3N3O2. The fourth-order valence-corrected chi connectivity index (χ4v) is 3.41. The summed E-state index contributed by atoms with van der Waals surface area (Å²) in [6.45, 7) is 1.70. The molecule has 9 heteroatoms. The number of aryl methyl sites for hydroxylation is 1. The molecule has 2 heterocycles. The van der Waals surface area contributed by atoms with Gasteiger partial charge in [0.2, 0.25) is 5.91 Å². The lowest BCUT2D eigenvalue weighted by Crippen LogP contribution is -2.48. The first-order valence-corrected chi connectivity index (χ1v) is 9.07. The number of halogens is 4. The second kappa shape index (κ2) is 7.50. The summed E-state index contributed by atoms with van der Waals surface area (Å²) >= 11 is 6.09. The highest BCUT2D eigenvalue weighted by atomic mass is 35.5. The van der Waals surface area contributed by atoms with Crippen molar-refractivity contribution < 1.29 is 22.8 Å². The van der Waals surface area contributed by atoms with Gasteiger partial charge >= 0.3 is 6.18 Å². The first-order chi connectivity index (χ1) is 12.7. The number of carbonyl (C=O) groups is 2. The van der Waals surface area contributed by atoms with Gasteiger partial charge < -0.3 is 4.90 Å². The molecule has 5 nitrogen and oxygen atoms in total. The van der Waals surface area contributed by atoms with Gasteiger partial charge in [-0.15, -0.1) is 0 Å². The Morgan fingerprint density at radius 1 is 1.30 bits per heavy atom. The fourth-order valence-electron chi connectivity index (χ4n) is 3.23. The second-order valence-corrected chi connectivity index (χ2v) is 7.22. The van der Waals surface area contributed by atoms with Crippen LogP contribution in [0.4, 0.5) is 18.9 Å². The number of hydrogen-bond acceptors (Lipinski definition) is 3. The molecule has 0 saturated carbocycles. The average molecular weight is 402 g/mol. The lowest BCUT2D eigenvalue weighted by atomic mass is 9.97. The minimum absolute atomic E-state index is 0.0201. The van der Waals surface area contributed by atoms with Crippen molar-refractivity contribution in [2.24, 2.45) is 11.0 Å². The number of piperidine rings is 1. The highest BCUT2D eigenvalue weighted by Gasteiger charge is 2.43. The Hall–Kier alpha value is -2.09. The van der Waals surface area contributed by atoms with Crippen molar-refractivity contribution >= 4 is 34.8 Å². The third kappa shape index (κ3) is 4.26. The van der Waals surface area contributed by atoms with E-state index in [4.69, 9.17) is 11.6 Å². The molecule has 1 atom stereocenters. The lowest BCUT2D eigenvalue weighted by Gasteiger charge is -2.34. The molecule has 0 radical (unpaired) electrons. The van der Waals surface area contributed by atoms with Gasteiger partial charge in [-0.3, -0.25) is 9.59 Å². The molecule has 2 amide bonds. The molecule has 3 rings (SSSR count). The number of hydrogen-bond donors (Lipinski definition) is 0. The average Bonchev–Trinajstić information content (AvgIpc) is 2.63. The molecule has 1 aromatic carbocycles. The van der Waals surface area contributed by atoms with Gasteiger partial charge in [0, 0.05) is 31.0 Å². The van der Waals surface area contributed by atoms with Crippen LogP contribution >= 0.6 is 11.6 Å². The topological polar surface area (TPSA) is 53.0 Å². The molecule has 2 aliphatic heterocycles. The van der Waals surface area contributed by atoms with Crippen LogP contribution in [0.1, 0.15) is 31.2 Å². The van der Waals surface area contributed by atoms with E-state index in [0.29, 0.717) is 17.1 Å². The van der Waals surface area contributed by atoms with E-state index in [1.54, 1.807) is 18.2 Å². The highest BCUT2D eigenvalue weighted by molar-refractivity contribution is 6.40. The molecule has 1 aromatic rings. The van der Waals surface area contributed by atoms with Crippen molar-refractivity contribution in [2.45, 2.75) is 38.8 Å². The van der Waals surface area contributed by atoms with Crippen LogP contribution in [0, 0.1) is 12.8 Å². The second-order valence-electron chi connectivity index (χ2n) is 6.82. The fraction of sp³-hybridized carbons (Fsp3) is 0.500. The highest BCUT2D eigenvalue weighted by Crippen LogP contribution is 2.33. The Labute approximate surface area is 159 Å². The van der Waals surface area contributed by atoms with Crippen molar-refractivity contribution in [1.82, 2.24) is 4.90 Å². The molecule has 0 aliphatic carbocycles. The quantitative estimate of drug-likeness (QED) is 0.754. The van der Waals surface area contributed by atoms with Crippen molar-refractivity contribution in [2.75, 3.05) is 18.1 Å². The Balaban J connectivity index is 1.81. The van der Waals surface area contributed by atoms with Gasteiger partial charge in [0.1, 0.15) is 5.71 Å². The number of anilines is 1.